The zero-order valence-corrected chi connectivity index (χ0v) is 13.2. The van der Waals surface area contributed by atoms with Gasteiger partial charge < -0.3 is 5.11 Å². The standard InChI is InChI=1S/C17H24O2S/c1-3-13-8-9-15(17(18)19)16(10-13)20-11-14-7-5-4-6-12(14)2/h4-7,13,15-16H,3,8-11H2,1-2H3,(H,18,19). The summed E-state index contributed by atoms with van der Waals surface area (Å²) >= 11 is 1.84. The lowest BCUT2D eigenvalue weighted by Gasteiger charge is -2.33. The van der Waals surface area contributed by atoms with E-state index in [9.17, 15) is 9.90 Å². The Hall–Kier alpha value is -0.960. The van der Waals surface area contributed by atoms with Gasteiger partial charge in [0.15, 0.2) is 0 Å². The molecule has 0 amide bonds. The van der Waals surface area contributed by atoms with Crippen LogP contribution in [0.1, 0.15) is 43.7 Å². The van der Waals surface area contributed by atoms with Gasteiger partial charge in [-0.1, -0.05) is 37.6 Å². The molecule has 0 saturated heterocycles. The quantitative estimate of drug-likeness (QED) is 0.867. The molecule has 1 aromatic carbocycles. The van der Waals surface area contributed by atoms with Crippen LogP contribution in [0.5, 0.6) is 0 Å². The summed E-state index contributed by atoms with van der Waals surface area (Å²) < 4.78 is 0. The molecule has 2 rings (SSSR count). The van der Waals surface area contributed by atoms with E-state index in [0.717, 1.165) is 25.0 Å². The second-order valence-electron chi connectivity index (χ2n) is 5.81. The van der Waals surface area contributed by atoms with Crippen LogP contribution in [0.2, 0.25) is 0 Å². The Morgan fingerprint density at radius 1 is 1.35 bits per heavy atom. The minimum Gasteiger partial charge on any atom is -0.481 e. The van der Waals surface area contributed by atoms with Crippen LogP contribution in [0.3, 0.4) is 0 Å². The lowest BCUT2D eigenvalue weighted by molar-refractivity contribution is -0.142. The largest absolute Gasteiger partial charge is 0.481 e. The minimum atomic E-state index is -0.609. The molecule has 3 unspecified atom stereocenters. The summed E-state index contributed by atoms with van der Waals surface area (Å²) in [6, 6.07) is 8.39. The van der Waals surface area contributed by atoms with Gasteiger partial charge in [-0.2, -0.15) is 11.8 Å². The van der Waals surface area contributed by atoms with Crippen molar-refractivity contribution in [2.45, 2.75) is 50.5 Å². The lowest BCUT2D eigenvalue weighted by atomic mass is 9.80. The topological polar surface area (TPSA) is 37.3 Å². The molecule has 3 atom stereocenters. The monoisotopic (exact) mass is 292 g/mol. The smallest absolute Gasteiger partial charge is 0.307 e. The Morgan fingerprint density at radius 2 is 2.10 bits per heavy atom. The van der Waals surface area contributed by atoms with E-state index >= 15 is 0 Å². The van der Waals surface area contributed by atoms with Crippen molar-refractivity contribution in [1.82, 2.24) is 0 Å². The average molecular weight is 292 g/mol. The van der Waals surface area contributed by atoms with Gasteiger partial charge in [0.2, 0.25) is 0 Å². The minimum absolute atomic E-state index is 0.160. The summed E-state index contributed by atoms with van der Waals surface area (Å²) in [6.07, 6.45) is 4.16. The summed E-state index contributed by atoms with van der Waals surface area (Å²) in [5.74, 6) is 0.867. The molecular weight excluding hydrogens is 268 g/mol. The Balaban J connectivity index is 2.00. The molecule has 0 radical (unpaired) electrons. The van der Waals surface area contributed by atoms with Crippen LogP contribution in [0.25, 0.3) is 0 Å². The SMILES string of the molecule is CCC1CCC(C(=O)O)C(SCc2ccccc2C)C1. The summed E-state index contributed by atoms with van der Waals surface area (Å²) in [4.78, 5) is 11.4. The van der Waals surface area contributed by atoms with E-state index in [1.165, 1.54) is 17.5 Å². The molecule has 1 aromatic rings. The first-order valence-electron chi connectivity index (χ1n) is 7.50. The Bertz CT molecular complexity index is 458. The van der Waals surface area contributed by atoms with Crippen molar-refractivity contribution in [1.29, 1.82) is 0 Å². The number of carbonyl (C=O) groups is 1. The summed E-state index contributed by atoms with van der Waals surface area (Å²) in [5, 5.41) is 9.68. The van der Waals surface area contributed by atoms with Gasteiger partial charge in [-0.15, -0.1) is 0 Å². The highest BCUT2D eigenvalue weighted by molar-refractivity contribution is 7.99. The third-order valence-corrected chi connectivity index (χ3v) is 5.94. The van der Waals surface area contributed by atoms with Crippen LogP contribution in [0.4, 0.5) is 0 Å². The van der Waals surface area contributed by atoms with E-state index in [1.807, 2.05) is 11.8 Å². The number of aliphatic carboxylic acids is 1. The molecule has 1 saturated carbocycles. The number of carboxylic acids is 1. The van der Waals surface area contributed by atoms with Crippen molar-refractivity contribution in [2.75, 3.05) is 0 Å². The number of hydrogen-bond acceptors (Lipinski definition) is 2. The molecule has 0 bridgehead atoms. The predicted molar refractivity (Wildman–Crippen MR) is 85.0 cm³/mol. The van der Waals surface area contributed by atoms with Crippen LogP contribution in [0, 0.1) is 18.8 Å². The third-order valence-electron chi connectivity index (χ3n) is 4.51. The molecular formula is C17H24O2S. The van der Waals surface area contributed by atoms with E-state index in [1.54, 1.807) is 0 Å². The number of carboxylic acid groups (broad SMARTS) is 1. The summed E-state index contributed by atoms with van der Waals surface area (Å²) in [7, 11) is 0. The molecule has 0 spiro atoms. The van der Waals surface area contributed by atoms with E-state index in [-0.39, 0.29) is 11.2 Å². The fraction of sp³-hybridized carbons (Fsp3) is 0.588. The first-order chi connectivity index (χ1) is 9.61. The molecule has 1 fully saturated rings. The van der Waals surface area contributed by atoms with E-state index in [0.29, 0.717) is 5.92 Å². The molecule has 0 heterocycles. The number of thioether (sulfide) groups is 1. The van der Waals surface area contributed by atoms with Crippen molar-refractivity contribution in [3.63, 3.8) is 0 Å². The second-order valence-corrected chi connectivity index (χ2v) is 7.04. The van der Waals surface area contributed by atoms with Gasteiger partial charge in [-0.05, 0) is 43.2 Å². The maximum absolute atomic E-state index is 11.4. The fourth-order valence-corrected chi connectivity index (χ4v) is 4.63. The van der Waals surface area contributed by atoms with E-state index in [2.05, 4.69) is 38.1 Å². The highest BCUT2D eigenvalue weighted by Gasteiger charge is 2.34. The lowest BCUT2D eigenvalue weighted by Crippen LogP contribution is -2.32. The zero-order chi connectivity index (χ0) is 14.5. The number of benzene rings is 1. The van der Waals surface area contributed by atoms with Crippen LogP contribution in [-0.4, -0.2) is 16.3 Å². The van der Waals surface area contributed by atoms with Gasteiger partial charge in [0.05, 0.1) is 5.92 Å². The second kappa shape index (κ2) is 7.16. The van der Waals surface area contributed by atoms with Crippen molar-refractivity contribution in [3.05, 3.63) is 35.4 Å². The average Bonchev–Trinajstić information content (AvgIpc) is 2.46. The van der Waals surface area contributed by atoms with Gasteiger partial charge in [0.25, 0.3) is 0 Å². The Kier molecular flexibility index (Phi) is 5.53. The maximum atomic E-state index is 11.4. The molecule has 0 aliphatic heterocycles. The molecule has 20 heavy (non-hydrogen) atoms. The van der Waals surface area contributed by atoms with Gasteiger partial charge in [-0.3, -0.25) is 4.79 Å². The van der Waals surface area contributed by atoms with Crippen molar-refractivity contribution in [3.8, 4) is 0 Å². The van der Waals surface area contributed by atoms with Crippen molar-refractivity contribution >= 4 is 17.7 Å². The number of hydrogen-bond donors (Lipinski definition) is 1. The van der Waals surface area contributed by atoms with Gasteiger partial charge in [-0.25, -0.2) is 0 Å². The summed E-state index contributed by atoms with van der Waals surface area (Å²) in [6.45, 7) is 4.34. The molecule has 2 nitrogen and oxygen atoms in total. The highest BCUT2D eigenvalue weighted by atomic mass is 32.2. The van der Waals surface area contributed by atoms with Gasteiger partial charge in [0.1, 0.15) is 0 Å². The first kappa shape index (κ1) is 15.4. The van der Waals surface area contributed by atoms with E-state index in [4.69, 9.17) is 0 Å². The number of rotatable bonds is 5. The number of aryl methyl sites for hydroxylation is 1. The molecule has 1 aliphatic carbocycles. The normalized spacial score (nSPS) is 26.4. The van der Waals surface area contributed by atoms with Gasteiger partial charge >= 0.3 is 5.97 Å². The molecule has 3 heteroatoms. The Morgan fingerprint density at radius 3 is 2.75 bits per heavy atom. The fourth-order valence-electron chi connectivity index (χ4n) is 3.02. The maximum Gasteiger partial charge on any atom is 0.307 e. The van der Waals surface area contributed by atoms with Crippen LogP contribution >= 0.6 is 11.8 Å². The third kappa shape index (κ3) is 3.78. The van der Waals surface area contributed by atoms with Gasteiger partial charge in [0, 0.05) is 11.0 Å². The van der Waals surface area contributed by atoms with Crippen LogP contribution in [-0.2, 0) is 10.5 Å². The van der Waals surface area contributed by atoms with Crippen LogP contribution < -0.4 is 0 Å². The molecule has 1 N–H and O–H groups in total. The Labute approximate surface area is 126 Å². The summed E-state index contributed by atoms with van der Waals surface area (Å²) in [5.41, 5.74) is 2.63. The van der Waals surface area contributed by atoms with Crippen molar-refractivity contribution in [2.24, 2.45) is 11.8 Å². The zero-order valence-electron chi connectivity index (χ0n) is 12.3. The molecule has 1 aliphatic rings. The van der Waals surface area contributed by atoms with E-state index < -0.39 is 5.97 Å². The first-order valence-corrected chi connectivity index (χ1v) is 8.55. The van der Waals surface area contributed by atoms with Crippen LogP contribution in [0.15, 0.2) is 24.3 Å². The highest BCUT2D eigenvalue weighted by Crippen LogP contribution is 2.39. The predicted octanol–water partition coefficient (Wildman–Crippen LogP) is 4.51. The molecule has 110 valence electrons. The molecule has 0 aromatic heterocycles. The van der Waals surface area contributed by atoms with Crippen molar-refractivity contribution < 1.29 is 9.90 Å².